The SMILES string of the molecule is CON(C)C(=O)c1nc2cccc(C)n2c1Br. The van der Waals surface area contributed by atoms with Gasteiger partial charge in [0.25, 0.3) is 5.91 Å². The molecule has 0 saturated carbocycles. The van der Waals surface area contributed by atoms with E-state index >= 15 is 0 Å². The van der Waals surface area contributed by atoms with Crippen LogP contribution in [0.1, 0.15) is 16.2 Å². The Labute approximate surface area is 107 Å². The van der Waals surface area contributed by atoms with Crippen LogP contribution in [0, 0.1) is 6.92 Å². The number of aromatic nitrogens is 2. The van der Waals surface area contributed by atoms with Crippen LogP contribution >= 0.6 is 15.9 Å². The summed E-state index contributed by atoms with van der Waals surface area (Å²) in [6, 6.07) is 5.70. The Morgan fingerprint density at radius 2 is 2.24 bits per heavy atom. The van der Waals surface area contributed by atoms with Crippen molar-refractivity contribution in [3.05, 3.63) is 34.2 Å². The number of amides is 1. The molecular formula is C11H12BrN3O2. The van der Waals surface area contributed by atoms with Gasteiger partial charge in [-0.2, -0.15) is 0 Å². The molecule has 1 amide bonds. The van der Waals surface area contributed by atoms with Gasteiger partial charge in [-0.15, -0.1) is 0 Å². The maximum absolute atomic E-state index is 12.0. The number of aryl methyl sites for hydroxylation is 1. The van der Waals surface area contributed by atoms with E-state index in [9.17, 15) is 4.79 Å². The molecule has 0 fully saturated rings. The second-order valence-corrected chi connectivity index (χ2v) is 4.35. The van der Waals surface area contributed by atoms with Crippen molar-refractivity contribution in [3.8, 4) is 0 Å². The minimum absolute atomic E-state index is 0.289. The molecule has 2 rings (SSSR count). The number of carbonyl (C=O) groups is 1. The van der Waals surface area contributed by atoms with Gasteiger partial charge in [-0.05, 0) is 35.0 Å². The highest BCUT2D eigenvalue weighted by molar-refractivity contribution is 9.10. The summed E-state index contributed by atoms with van der Waals surface area (Å²) < 4.78 is 2.51. The molecule has 0 radical (unpaired) electrons. The fourth-order valence-corrected chi connectivity index (χ4v) is 2.30. The number of nitrogens with zero attached hydrogens (tertiary/aromatic N) is 3. The first-order valence-electron chi connectivity index (χ1n) is 5.02. The quantitative estimate of drug-likeness (QED) is 0.797. The molecule has 0 atom stereocenters. The normalized spacial score (nSPS) is 10.8. The first-order valence-corrected chi connectivity index (χ1v) is 5.81. The lowest BCUT2D eigenvalue weighted by atomic mass is 10.4. The molecule has 2 aromatic rings. The summed E-state index contributed by atoms with van der Waals surface area (Å²) in [5, 5.41) is 1.14. The lowest BCUT2D eigenvalue weighted by Gasteiger charge is -2.11. The minimum atomic E-state index is -0.289. The number of carbonyl (C=O) groups excluding carboxylic acids is 1. The Bertz CT molecular complexity index is 579. The van der Waals surface area contributed by atoms with Crippen LogP contribution in [0.5, 0.6) is 0 Å². The Hall–Kier alpha value is -1.40. The molecule has 0 bridgehead atoms. The predicted molar refractivity (Wildman–Crippen MR) is 66.7 cm³/mol. The Morgan fingerprint density at radius 1 is 1.53 bits per heavy atom. The number of halogens is 1. The summed E-state index contributed by atoms with van der Waals surface area (Å²) in [6.45, 7) is 1.95. The van der Waals surface area contributed by atoms with Gasteiger partial charge in [0.1, 0.15) is 10.3 Å². The van der Waals surface area contributed by atoms with Crippen LogP contribution in [0.2, 0.25) is 0 Å². The summed E-state index contributed by atoms with van der Waals surface area (Å²) in [6.07, 6.45) is 0. The van der Waals surface area contributed by atoms with Crippen molar-refractivity contribution in [2.24, 2.45) is 0 Å². The molecule has 17 heavy (non-hydrogen) atoms. The van der Waals surface area contributed by atoms with Gasteiger partial charge in [0.05, 0.1) is 7.11 Å². The maximum Gasteiger partial charge on any atom is 0.298 e. The molecule has 0 N–H and O–H groups in total. The summed E-state index contributed by atoms with van der Waals surface area (Å²) in [5.41, 5.74) is 2.06. The van der Waals surface area contributed by atoms with E-state index in [1.807, 2.05) is 29.5 Å². The van der Waals surface area contributed by atoms with Crippen molar-refractivity contribution in [3.63, 3.8) is 0 Å². The van der Waals surface area contributed by atoms with Crippen LogP contribution < -0.4 is 0 Å². The standard InChI is InChI=1S/C11H12BrN3O2/c1-7-5-4-6-8-13-9(10(12)15(7)8)11(16)14(2)17-3/h4-6H,1-3H3. The highest BCUT2D eigenvalue weighted by Crippen LogP contribution is 2.21. The third-order valence-corrected chi connectivity index (χ3v) is 3.28. The van der Waals surface area contributed by atoms with Crippen molar-refractivity contribution >= 4 is 27.5 Å². The van der Waals surface area contributed by atoms with E-state index in [0.717, 1.165) is 16.4 Å². The molecule has 0 aromatic carbocycles. The van der Waals surface area contributed by atoms with E-state index in [1.165, 1.54) is 7.11 Å². The molecule has 0 spiro atoms. The second kappa shape index (κ2) is 4.46. The number of hydrogen-bond acceptors (Lipinski definition) is 3. The molecule has 6 heteroatoms. The largest absolute Gasteiger partial charge is 0.298 e. The molecule has 90 valence electrons. The zero-order valence-corrected chi connectivity index (χ0v) is 11.4. The van der Waals surface area contributed by atoms with Gasteiger partial charge in [0.2, 0.25) is 0 Å². The highest BCUT2D eigenvalue weighted by Gasteiger charge is 2.21. The van der Waals surface area contributed by atoms with E-state index < -0.39 is 0 Å². The van der Waals surface area contributed by atoms with Gasteiger partial charge < -0.3 is 0 Å². The Balaban J connectivity index is 2.61. The van der Waals surface area contributed by atoms with Gasteiger partial charge in [-0.1, -0.05) is 6.07 Å². The van der Waals surface area contributed by atoms with E-state index in [4.69, 9.17) is 4.84 Å². The fourth-order valence-electron chi connectivity index (χ4n) is 1.58. The third-order valence-electron chi connectivity index (χ3n) is 2.55. The van der Waals surface area contributed by atoms with E-state index in [1.54, 1.807) is 7.05 Å². The number of fused-ring (bicyclic) bond motifs is 1. The predicted octanol–water partition coefficient (Wildman–Crippen LogP) is 2.04. The van der Waals surface area contributed by atoms with E-state index in [-0.39, 0.29) is 5.91 Å². The average Bonchev–Trinajstić information content (AvgIpc) is 2.66. The zero-order valence-electron chi connectivity index (χ0n) is 9.77. The first kappa shape index (κ1) is 12.1. The average molecular weight is 298 g/mol. The molecule has 2 heterocycles. The van der Waals surface area contributed by atoms with E-state index in [0.29, 0.717) is 10.3 Å². The van der Waals surface area contributed by atoms with Gasteiger partial charge in [0.15, 0.2) is 5.69 Å². The number of imidazole rings is 1. The molecular weight excluding hydrogens is 286 g/mol. The van der Waals surface area contributed by atoms with Gasteiger partial charge >= 0.3 is 0 Å². The smallest absolute Gasteiger partial charge is 0.291 e. The number of pyridine rings is 1. The number of hydrogen-bond donors (Lipinski definition) is 0. The summed E-state index contributed by atoms with van der Waals surface area (Å²) in [5.74, 6) is -0.289. The zero-order chi connectivity index (χ0) is 12.6. The fraction of sp³-hybridized carbons (Fsp3) is 0.273. The monoisotopic (exact) mass is 297 g/mol. The summed E-state index contributed by atoms with van der Waals surface area (Å²) >= 11 is 3.40. The lowest BCUT2D eigenvalue weighted by molar-refractivity contribution is -0.0760. The minimum Gasteiger partial charge on any atom is -0.291 e. The molecule has 0 saturated heterocycles. The van der Waals surface area contributed by atoms with Crippen LogP contribution in [0.15, 0.2) is 22.8 Å². The Morgan fingerprint density at radius 3 is 2.82 bits per heavy atom. The highest BCUT2D eigenvalue weighted by atomic mass is 79.9. The van der Waals surface area contributed by atoms with Gasteiger partial charge in [-0.25, -0.2) is 10.0 Å². The van der Waals surface area contributed by atoms with Crippen LogP contribution in [-0.4, -0.2) is 34.5 Å². The van der Waals surface area contributed by atoms with E-state index in [2.05, 4.69) is 20.9 Å². The topological polar surface area (TPSA) is 46.8 Å². The van der Waals surface area contributed by atoms with Gasteiger partial charge in [-0.3, -0.25) is 14.0 Å². The lowest BCUT2D eigenvalue weighted by Crippen LogP contribution is -2.26. The number of hydroxylamine groups is 2. The summed E-state index contributed by atoms with van der Waals surface area (Å²) in [4.78, 5) is 21.1. The van der Waals surface area contributed by atoms with Crippen LogP contribution in [0.25, 0.3) is 5.65 Å². The van der Waals surface area contributed by atoms with Crippen LogP contribution in [-0.2, 0) is 4.84 Å². The van der Waals surface area contributed by atoms with Crippen molar-refractivity contribution in [1.29, 1.82) is 0 Å². The molecule has 0 aliphatic carbocycles. The first-order chi connectivity index (χ1) is 8.06. The summed E-state index contributed by atoms with van der Waals surface area (Å²) in [7, 11) is 2.98. The Kier molecular flexibility index (Phi) is 3.17. The van der Waals surface area contributed by atoms with Crippen molar-refractivity contribution in [2.45, 2.75) is 6.92 Å². The molecule has 5 nitrogen and oxygen atoms in total. The maximum atomic E-state index is 12.0. The molecule has 0 aliphatic heterocycles. The second-order valence-electron chi connectivity index (χ2n) is 3.60. The van der Waals surface area contributed by atoms with Crippen LogP contribution in [0.3, 0.4) is 0 Å². The van der Waals surface area contributed by atoms with Crippen molar-refractivity contribution < 1.29 is 9.63 Å². The molecule has 0 aliphatic rings. The molecule has 2 aromatic heterocycles. The molecule has 0 unspecified atom stereocenters. The van der Waals surface area contributed by atoms with Crippen LogP contribution in [0.4, 0.5) is 0 Å². The number of rotatable bonds is 2. The third kappa shape index (κ3) is 1.94. The van der Waals surface area contributed by atoms with Crippen molar-refractivity contribution in [1.82, 2.24) is 14.4 Å². The van der Waals surface area contributed by atoms with Crippen molar-refractivity contribution in [2.75, 3.05) is 14.2 Å². The van der Waals surface area contributed by atoms with Gasteiger partial charge in [0, 0.05) is 12.7 Å².